The Morgan fingerprint density at radius 3 is 2.74 bits per heavy atom. The van der Waals surface area contributed by atoms with Crippen molar-refractivity contribution in [2.75, 3.05) is 6.61 Å². The van der Waals surface area contributed by atoms with Crippen LogP contribution in [0.15, 0.2) is 29.3 Å². The summed E-state index contributed by atoms with van der Waals surface area (Å²) in [4.78, 5) is 15.6. The normalized spacial score (nSPS) is 27.6. The Morgan fingerprint density at radius 2 is 2.16 bits per heavy atom. The zero-order chi connectivity index (χ0) is 13.6. The quantitative estimate of drug-likeness (QED) is 0.907. The molecule has 1 fully saturated rings. The van der Waals surface area contributed by atoms with Crippen molar-refractivity contribution in [2.45, 2.75) is 31.7 Å². The van der Waals surface area contributed by atoms with Gasteiger partial charge in [0.1, 0.15) is 6.61 Å². The van der Waals surface area contributed by atoms with Crippen molar-refractivity contribution in [3.05, 3.63) is 35.4 Å². The van der Waals surface area contributed by atoms with Crippen molar-refractivity contribution < 1.29 is 14.6 Å². The summed E-state index contributed by atoms with van der Waals surface area (Å²) in [6.07, 6.45) is 0.711. The number of hydrogen-bond acceptors (Lipinski definition) is 3. The van der Waals surface area contributed by atoms with E-state index in [0.717, 1.165) is 11.1 Å². The smallest absolute Gasteiger partial charge is 0.307 e. The number of aliphatic carboxylic acids is 1. The van der Waals surface area contributed by atoms with E-state index in [1.165, 1.54) is 0 Å². The lowest BCUT2D eigenvalue weighted by atomic mass is 10.0. The molecule has 2 aliphatic rings. The standard InChI is InChI=1S/C15H17NO3/c1-15(2)8-19-13(16-15)10-6-4-3-5-9(10)11-7-12(11)14(17)18/h3-6,11-12H,7-8H2,1-2H3,(H,17,18). The third-order valence-electron chi connectivity index (χ3n) is 3.66. The van der Waals surface area contributed by atoms with Gasteiger partial charge in [-0.15, -0.1) is 0 Å². The van der Waals surface area contributed by atoms with Crippen LogP contribution in [0.3, 0.4) is 0 Å². The lowest BCUT2D eigenvalue weighted by molar-refractivity contribution is -0.138. The first-order chi connectivity index (χ1) is 8.98. The van der Waals surface area contributed by atoms with Gasteiger partial charge < -0.3 is 9.84 Å². The third kappa shape index (κ3) is 2.23. The van der Waals surface area contributed by atoms with E-state index in [1.54, 1.807) is 0 Å². The summed E-state index contributed by atoms with van der Waals surface area (Å²) in [5.74, 6) is -0.217. The molecule has 1 saturated carbocycles. The minimum Gasteiger partial charge on any atom is -0.481 e. The van der Waals surface area contributed by atoms with Gasteiger partial charge in [0.2, 0.25) is 5.90 Å². The molecule has 0 saturated heterocycles. The molecule has 1 heterocycles. The van der Waals surface area contributed by atoms with Gasteiger partial charge >= 0.3 is 5.97 Å². The van der Waals surface area contributed by atoms with Crippen LogP contribution in [0.4, 0.5) is 0 Å². The molecule has 1 aromatic rings. The van der Waals surface area contributed by atoms with Gasteiger partial charge in [-0.3, -0.25) is 4.79 Å². The van der Waals surface area contributed by atoms with E-state index in [0.29, 0.717) is 18.9 Å². The molecular formula is C15H17NO3. The average Bonchev–Trinajstić information content (AvgIpc) is 3.08. The van der Waals surface area contributed by atoms with Crippen molar-refractivity contribution >= 4 is 11.9 Å². The zero-order valence-electron chi connectivity index (χ0n) is 11.1. The minimum absolute atomic E-state index is 0.101. The first-order valence-electron chi connectivity index (χ1n) is 6.53. The Hall–Kier alpha value is -1.84. The Kier molecular flexibility index (Phi) is 2.62. The highest BCUT2D eigenvalue weighted by atomic mass is 16.5. The molecule has 19 heavy (non-hydrogen) atoms. The van der Waals surface area contributed by atoms with Crippen molar-refractivity contribution in [1.82, 2.24) is 0 Å². The number of rotatable bonds is 3. The van der Waals surface area contributed by atoms with Crippen LogP contribution >= 0.6 is 0 Å². The summed E-state index contributed by atoms with van der Waals surface area (Å²) in [7, 11) is 0. The summed E-state index contributed by atoms with van der Waals surface area (Å²) in [6.45, 7) is 4.63. The molecule has 1 aliphatic heterocycles. The highest BCUT2D eigenvalue weighted by molar-refractivity contribution is 5.97. The number of carbonyl (C=O) groups is 1. The van der Waals surface area contributed by atoms with Gasteiger partial charge in [-0.1, -0.05) is 18.2 Å². The average molecular weight is 259 g/mol. The van der Waals surface area contributed by atoms with E-state index in [9.17, 15) is 4.79 Å². The largest absolute Gasteiger partial charge is 0.481 e. The summed E-state index contributed by atoms with van der Waals surface area (Å²) < 4.78 is 5.67. The van der Waals surface area contributed by atoms with E-state index in [-0.39, 0.29) is 17.4 Å². The van der Waals surface area contributed by atoms with Crippen LogP contribution in [0.25, 0.3) is 0 Å². The summed E-state index contributed by atoms with van der Waals surface area (Å²) in [5, 5.41) is 9.06. The van der Waals surface area contributed by atoms with E-state index in [4.69, 9.17) is 9.84 Å². The predicted octanol–water partition coefficient (Wildman–Crippen LogP) is 2.43. The summed E-state index contributed by atoms with van der Waals surface area (Å²) >= 11 is 0. The Morgan fingerprint density at radius 1 is 1.42 bits per heavy atom. The zero-order valence-corrected chi connectivity index (χ0v) is 11.1. The maximum absolute atomic E-state index is 11.0. The number of carboxylic acid groups (broad SMARTS) is 1. The molecular weight excluding hydrogens is 242 g/mol. The lowest BCUT2D eigenvalue weighted by Crippen LogP contribution is -2.17. The topological polar surface area (TPSA) is 58.9 Å². The highest BCUT2D eigenvalue weighted by Crippen LogP contribution is 2.49. The van der Waals surface area contributed by atoms with E-state index in [2.05, 4.69) is 4.99 Å². The van der Waals surface area contributed by atoms with Crippen molar-refractivity contribution in [2.24, 2.45) is 10.9 Å². The molecule has 0 bridgehead atoms. The molecule has 1 aliphatic carbocycles. The number of ether oxygens (including phenoxy) is 1. The van der Waals surface area contributed by atoms with Crippen molar-refractivity contribution in [1.29, 1.82) is 0 Å². The van der Waals surface area contributed by atoms with Crippen molar-refractivity contribution in [3.8, 4) is 0 Å². The minimum atomic E-state index is -0.714. The second-order valence-corrected chi connectivity index (χ2v) is 5.89. The first kappa shape index (κ1) is 12.2. The van der Waals surface area contributed by atoms with Gasteiger partial charge in [0, 0.05) is 5.56 Å². The Balaban J connectivity index is 1.94. The SMILES string of the molecule is CC1(C)COC(c2ccccc2C2CC2C(=O)O)=N1. The molecule has 100 valence electrons. The molecule has 0 aromatic heterocycles. The molecule has 2 unspecified atom stereocenters. The second-order valence-electron chi connectivity index (χ2n) is 5.89. The van der Waals surface area contributed by atoms with Crippen LogP contribution < -0.4 is 0 Å². The van der Waals surface area contributed by atoms with Gasteiger partial charge in [0.25, 0.3) is 0 Å². The number of aliphatic imine (C=N–C) groups is 1. The number of hydrogen-bond donors (Lipinski definition) is 1. The number of carboxylic acids is 1. The van der Waals surface area contributed by atoms with Crippen LogP contribution in [-0.4, -0.2) is 29.1 Å². The fourth-order valence-corrected chi connectivity index (χ4v) is 2.55. The van der Waals surface area contributed by atoms with Crippen LogP contribution in [0.1, 0.15) is 37.3 Å². The van der Waals surface area contributed by atoms with Crippen LogP contribution in [0.5, 0.6) is 0 Å². The maximum Gasteiger partial charge on any atom is 0.307 e. The number of benzene rings is 1. The molecule has 3 rings (SSSR count). The van der Waals surface area contributed by atoms with Crippen LogP contribution in [0.2, 0.25) is 0 Å². The maximum atomic E-state index is 11.0. The van der Waals surface area contributed by atoms with E-state index < -0.39 is 5.97 Å². The highest BCUT2D eigenvalue weighted by Gasteiger charge is 2.45. The molecule has 4 heteroatoms. The molecule has 4 nitrogen and oxygen atoms in total. The van der Waals surface area contributed by atoms with E-state index in [1.807, 2.05) is 38.1 Å². The fraction of sp³-hybridized carbons (Fsp3) is 0.467. The van der Waals surface area contributed by atoms with Crippen LogP contribution in [0, 0.1) is 5.92 Å². The summed E-state index contributed by atoms with van der Waals surface area (Å²) in [6, 6.07) is 7.83. The summed E-state index contributed by atoms with van der Waals surface area (Å²) in [5.41, 5.74) is 1.80. The molecule has 0 amide bonds. The lowest BCUT2D eigenvalue weighted by Gasteiger charge is -2.08. The molecule has 1 aromatic carbocycles. The van der Waals surface area contributed by atoms with Gasteiger partial charge in [-0.25, -0.2) is 4.99 Å². The van der Waals surface area contributed by atoms with E-state index >= 15 is 0 Å². The predicted molar refractivity (Wildman–Crippen MR) is 71.5 cm³/mol. The van der Waals surface area contributed by atoms with Crippen molar-refractivity contribution in [3.63, 3.8) is 0 Å². The monoisotopic (exact) mass is 259 g/mol. The second kappa shape index (κ2) is 4.08. The molecule has 1 N–H and O–H groups in total. The van der Waals surface area contributed by atoms with Crippen LogP contribution in [-0.2, 0) is 9.53 Å². The Labute approximate surface area is 112 Å². The van der Waals surface area contributed by atoms with Gasteiger partial charge in [-0.2, -0.15) is 0 Å². The Bertz CT molecular complexity index is 562. The molecule has 0 radical (unpaired) electrons. The van der Waals surface area contributed by atoms with Gasteiger partial charge in [0.05, 0.1) is 11.5 Å². The third-order valence-corrected chi connectivity index (χ3v) is 3.66. The van der Waals surface area contributed by atoms with Gasteiger partial charge in [0.15, 0.2) is 0 Å². The first-order valence-corrected chi connectivity index (χ1v) is 6.53. The fourth-order valence-electron chi connectivity index (χ4n) is 2.55. The number of nitrogens with zero attached hydrogens (tertiary/aromatic N) is 1. The molecule has 0 spiro atoms. The van der Waals surface area contributed by atoms with Gasteiger partial charge in [-0.05, 0) is 37.8 Å². The molecule has 2 atom stereocenters.